The molecular formula is C12H20N2O6. The van der Waals surface area contributed by atoms with Crippen LogP contribution in [-0.4, -0.2) is 54.0 Å². The molecule has 0 radical (unpaired) electrons. The molecule has 0 saturated carbocycles. The van der Waals surface area contributed by atoms with Gasteiger partial charge in [0.25, 0.3) is 0 Å². The largest absolute Gasteiger partial charge is 0.481 e. The second kappa shape index (κ2) is 8.36. The number of carbonyl (C=O) groups excluding carboxylic acids is 1. The molecule has 1 aliphatic heterocycles. The Morgan fingerprint density at radius 2 is 1.85 bits per heavy atom. The fraction of sp³-hybridized carbons (Fsp3) is 0.750. The molecule has 0 unspecified atom stereocenters. The number of hydrogen-bond donors (Lipinski definition) is 4. The third-order valence-corrected chi connectivity index (χ3v) is 3.14. The number of aliphatic carboxylic acids is 2. The molecule has 1 rings (SSSR count). The Morgan fingerprint density at radius 1 is 1.20 bits per heavy atom. The van der Waals surface area contributed by atoms with E-state index in [0.29, 0.717) is 25.7 Å². The van der Waals surface area contributed by atoms with Gasteiger partial charge in [0, 0.05) is 26.2 Å². The number of ether oxygens (including phenoxy) is 1. The summed E-state index contributed by atoms with van der Waals surface area (Å²) in [6, 6.07) is -1.78. The molecular weight excluding hydrogens is 268 g/mol. The summed E-state index contributed by atoms with van der Waals surface area (Å²) in [7, 11) is 0. The number of carboxylic acid groups (broad SMARTS) is 2. The predicted octanol–water partition coefficient (Wildman–Crippen LogP) is 0.0302. The van der Waals surface area contributed by atoms with Gasteiger partial charge in [-0.2, -0.15) is 0 Å². The molecule has 8 heteroatoms. The van der Waals surface area contributed by atoms with Gasteiger partial charge < -0.3 is 25.6 Å². The molecule has 1 aliphatic rings. The highest BCUT2D eigenvalue weighted by atomic mass is 16.5. The lowest BCUT2D eigenvalue weighted by Crippen LogP contribution is -2.47. The van der Waals surface area contributed by atoms with Crippen LogP contribution >= 0.6 is 0 Å². The molecule has 1 saturated heterocycles. The van der Waals surface area contributed by atoms with Crippen molar-refractivity contribution in [1.82, 2.24) is 10.6 Å². The summed E-state index contributed by atoms with van der Waals surface area (Å²) in [5.41, 5.74) is 0. The first-order valence-electron chi connectivity index (χ1n) is 6.55. The summed E-state index contributed by atoms with van der Waals surface area (Å²) in [6.07, 6.45) is 1.27. The number of hydrogen-bond acceptors (Lipinski definition) is 4. The highest BCUT2D eigenvalue weighted by Crippen LogP contribution is 2.13. The van der Waals surface area contributed by atoms with E-state index in [2.05, 4.69) is 10.6 Å². The first kappa shape index (κ1) is 16.2. The fourth-order valence-corrected chi connectivity index (χ4v) is 1.92. The number of amides is 2. The molecule has 0 aromatic heterocycles. The molecule has 0 aromatic rings. The van der Waals surface area contributed by atoms with Gasteiger partial charge in [-0.25, -0.2) is 9.59 Å². The number of rotatable bonds is 7. The van der Waals surface area contributed by atoms with Gasteiger partial charge in [0.2, 0.25) is 0 Å². The fourth-order valence-electron chi connectivity index (χ4n) is 1.92. The smallest absolute Gasteiger partial charge is 0.326 e. The molecule has 0 spiro atoms. The van der Waals surface area contributed by atoms with Gasteiger partial charge in [0.05, 0.1) is 0 Å². The summed E-state index contributed by atoms with van der Waals surface area (Å²) in [5.74, 6) is -2.01. The van der Waals surface area contributed by atoms with Crippen LogP contribution in [-0.2, 0) is 14.3 Å². The summed E-state index contributed by atoms with van der Waals surface area (Å²) in [4.78, 5) is 32.9. The average molecular weight is 288 g/mol. The maximum atomic E-state index is 11.6. The topological polar surface area (TPSA) is 125 Å². The molecule has 4 N–H and O–H groups in total. The van der Waals surface area contributed by atoms with E-state index in [-0.39, 0.29) is 12.8 Å². The van der Waals surface area contributed by atoms with E-state index in [1.807, 2.05) is 0 Å². The van der Waals surface area contributed by atoms with Crippen LogP contribution in [0.1, 0.15) is 25.7 Å². The SMILES string of the molecule is O=C(O)CC[C@H](NC(=O)NCC1CCOCC1)C(=O)O. The molecule has 1 atom stereocenters. The Labute approximate surface area is 116 Å². The lowest BCUT2D eigenvalue weighted by atomic mass is 10.0. The van der Waals surface area contributed by atoms with Crippen molar-refractivity contribution >= 4 is 18.0 Å². The van der Waals surface area contributed by atoms with Crippen LogP contribution in [0.15, 0.2) is 0 Å². The molecule has 2 amide bonds. The normalized spacial score (nSPS) is 17.2. The highest BCUT2D eigenvalue weighted by Gasteiger charge is 2.21. The van der Waals surface area contributed by atoms with Gasteiger partial charge in [-0.15, -0.1) is 0 Å². The summed E-state index contributed by atoms with van der Waals surface area (Å²) in [6.45, 7) is 1.80. The Morgan fingerprint density at radius 3 is 2.40 bits per heavy atom. The lowest BCUT2D eigenvalue weighted by molar-refractivity contribution is -0.140. The van der Waals surface area contributed by atoms with Gasteiger partial charge >= 0.3 is 18.0 Å². The third-order valence-electron chi connectivity index (χ3n) is 3.14. The minimum Gasteiger partial charge on any atom is -0.481 e. The quantitative estimate of drug-likeness (QED) is 0.524. The first-order chi connectivity index (χ1) is 9.49. The standard InChI is InChI=1S/C12H20N2O6/c15-10(16)2-1-9(11(17)18)14-12(19)13-7-8-3-5-20-6-4-8/h8-9H,1-7H2,(H,15,16)(H,17,18)(H2,13,14,19)/t9-/m0/s1. The second-order valence-electron chi connectivity index (χ2n) is 4.73. The third kappa shape index (κ3) is 6.37. The van der Waals surface area contributed by atoms with Gasteiger partial charge in [0.15, 0.2) is 0 Å². The summed E-state index contributed by atoms with van der Waals surface area (Å²) >= 11 is 0. The van der Waals surface area contributed by atoms with Crippen molar-refractivity contribution in [3.05, 3.63) is 0 Å². The van der Waals surface area contributed by atoms with Gasteiger partial charge in [-0.3, -0.25) is 4.79 Å². The molecule has 1 fully saturated rings. The van der Waals surface area contributed by atoms with Crippen molar-refractivity contribution in [1.29, 1.82) is 0 Å². The first-order valence-corrected chi connectivity index (χ1v) is 6.55. The Kier molecular flexibility index (Phi) is 6.78. The van der Waals surface area contributed by atoms with Crippen LogP contribution in [0.4, 0.5) is 4.79 Å². The van der Waals surface area contributed by atoms with Gasteiger partial charge in [-0.05, 0) is 25.2 Å². The minimum absolute atomic E-state index is 0.143. The predicted molar refractivity (Wildman–Crippen MR) is 68.4 cm³/mol. The molecule has 0 aromatic carbocycles. The molecule has 0 aliphatic carbocycles. The average Bonchev–Trinajstić information content (AvgIpc) is 2.41. The molecule has 20 heavy (non-hydrogen) atoms. The zero-order chi connectivity index (χ0) is 15.0. The van der Waals surface area contributed by atoms with E-state index in [1.165, 1.54) is 0 Å². The number of urea groups is 1. The zero-order valence-corrected chi connectivity index (χ0v) is 11.1. The lowest BCUT2D eigenvalue weighted by Gasteiger charge is -2.22. The van der Waals surface area contributed by atoms with Gasteiger partial charge in [0.1, 0.15) is 6.04 Å². The Bertz CT molecular complexity index is 354. The number of carboxylic acids is 2. The van der Waals surface area contributed by atoms with E-state index < -0.39 is 24.0 Å². The van der Waals surface area contributed by atoms with Gasteiger partial charge in [-0.1, -0.05) is 0 Å². The van der Waals surface area contributed by atoms with Crippen LogP contribution < -0.4 is 10.6 Å². The van der Waals surface area contributed by atoms with Crippen LogP contribution in [0.3, 0.4) is 0 Å². The van der Waals surface area contributed by atoms with Crippen molar-refractivity contribution in [2.24, 2.45) is 5.92 Å². The maximum Gasteiger partial charge on any atom is 0.326 e. The maximum absolute atomic E-state index is 11.6. The van der Waals surface area contributed by atoms with Crippen LogP contribution in [0.25, 0.3) is 0 Å². The van der Waals surface area contributed by atoms with E-state index in [1.54, 1.807) is 0 Å². The summed E-state index contributed by atoms with van der Waals surface area (Å²) in [5, 5.41) is 22.3. The van der Waals surface area contributed by atoms with E-state index in [0.717, 1.165) is 12.8 Å². The van der Waals surface area contributed by atoms with E-state index in [4.69, 9.17) is 14.9 Å². The summed E-state index contributed by atoms with van der Waals surface area (Å²) < 4.78 is 5.20. The van der Waals surface area contributed by atoms with Crippen LogP contribution in [0.2, 0.25) is 0 Å². The van der Waals surface area contributed by atoms with E-state index in [9.17, 15) is 14.4 Å². The number of carbonyl (C=O) groups is 3. The van der Waals surface area contributed by atoms with Crippen LogP contribution in [0.5, 0.6) is 0 Å². The van der Waals surface area contributed by atoms with E-state index >= 15 is 0 Å². The molecule has 114 valence electrons. The van der Waals surface area contributed by atoms with Crippen molar-refractivity contribution in [2.75, 3.05) is 19.8 Å². The van der Waals surface area contributed by atoms with Crippen molar-refractivity contribution < 1.29 is 29.3 Å². The van der Waals surface area contributed by atoms with Crippen molar-refractivity contribution in [2.45, 2.75) is 31.7 Å². The highest BCUT2D eigenvalue weighted by molar-refractivity contribution is 5.82. The van der Waals surface area contributed by atoms with Crippen molar-refractivity contribution in [3.8, 4) is 0 Å². The Hall–Kier alpha value is -1.83. The van der Waals surface area contributed by atoms with Crippen LogP contribution in [0, 0.1) is 5.92 Å². The molecule has 0 bridgehead atoms. The zero-order valence-electron chi connectivity index (χ0n) is 11.1. The number of nitrogens with one attached hydrogen (secondary N) is 2. The molecule has 8 nitrogen and oxygen atoms in total. The monoisotopic (exact) mass is 288 g/mol. The molecule has 1 heterocycles. The van der Waals surface area contributed by atoms with Crippen molar-refractivity contribution in [3.63, 3.8) is 0 Å². The Balaban J connectivity index is 2.29. The minimum atomic E-state index is -1.24. The second-order valence-corrected chi connectivity index (χ2v) is 4.73.